The van der Waals surface area contributed by atoms with Crippen molar-refractivity contribution < 1.29 is 17.2 Å². The maximum absolute atomic E-state index is 9.56. The first-order chi connectivity index (χ1) is 6.89. The van der Waals surface area contributed by atoms with Crippen LogP contribution in [-0.2, 0) is 14.6 Å². The van der Waals surface area contributed by atoms with Crippen LogP contribution in [0.4, 0.5) is 0 Å². The first-order valence-electron chi connectivity index (χ1n) is 4.91. The molecular formula is C8H20N2O4S. The Kier molecular flexibility index (Phi) is 7.03. The Morgan fingerprint density at radius 3 is 2.07 bits per heavy atom. The van der Waals surface area contributed by atoms with Crippen LogP contribution < -0.4 is 0 Å². The number of hydrogen-bond donors (Lipinski definition) is 1. The van der Waals surface area contributed by atoms with Crippen LogP contribution in [0.3, 0.4) is 0 Å². The molecule has 1 aliphatic rings. The molecule has 1 heterocycles. The smallest absolute Gasteiger partial charge is 0.292 e. The minimum Gasteiger partial charge on any atom is -0.292 e. The predicted octanol–water partition coefficient (Wildman–Crippen LogP) is 0.0369. The van der Waals surface area contributed by atoms with Gasteiger partial charge in [0, 0.05) is 13.1 Å². The molecule has 0 unspecified atom stereocenters. The third-order valence-electron chi connectivity index (χ3n) is 1.95. The fraction of sp³-hybridized carbons (Fsp3) is 1.00. The van der Waals surface area contributed by atoms with Crippen molar-refractivity contribution >= 4 is 10.4 Å². The van der Waals surface area contributed by atoms with Crippen LogP contribution in [0.2, 0.25) is 0 Å². The Bertz CT molecular complexity index is 255. The van der Waals surface area contributed by atoms with E-state index >= 15 is 0 Å². The topological polar surface area (TPSA) is 70.1 Å². The molecule has 0 atom stereocenters. The maximum atomic E-state index is 9.56. The van der Waals surface area contributed by atoms with Crippen LogP contribution in [-0.4, -0.2) is 62.7 Å². The number of nitrogens with zero attached hydrogens (tertiary/aromatic N) is 2. The van der Waals surface area contributed by atoms with Gasteiger partial charge in [0.15, 0.2) is 0 Å². The van der Waals surface area contributed by atoms with Gasteiger partial charge in [-0.15, -0.1) is 0 Å². The minimum absolute atomic E-state index is 0.0289. The van der Waals surface area contributed by atoms with E-state index in [1.165, 1.54) is 26.6 Å². The fourth-order valence-electron chi connectivity index (χ4n) is 1.20. The zero-order valence-electron chi connectivity index (χ0n) is 9.51. The van der Waals surface area contributed by atoms with Crippen molar-refractivity contribution in [3.8, 4) is 0 Å². The lowest BCUT2D eigenvalue weighted by Crippen LogP contribution is -2.22. The lowest BCUT2D eigenvalue weighted by atomic mass is 10.6. The molecular weight excluding hydrogens is 220 g/mol. The highest BCUT2D eigenvalue weighted by Crippen LogP contribution is 1.98. The molecule has 0 saturated carbocycles. The summed E-state index contributed by atoms with van der Waals surface area (Å²) >= 11 is 0. The molecule has 0 spiro atoms. The van der Waals surface area contributed by atoms with E-state index in [0.717, 1.165) is 6.67 Å². The summed E-state index contributed by atoms with van der Waals surface area (Å²) in [6, 6.07) is 0. The minimum atomic E-state index is -4.17. The first kappa shape index (κ1) is 14.8. The Morgan fingerprint density at radius 2 is 1.93 bits per heavy atom. The van der Waals surface area contributed by atoms with E-state index in [1.54, 1.807) is 0 Å². The first-order valence-corrected chi connectivity index (χ1v) is 6.28. The lowest BCUT2D eigenvalue weighted by molar-refractivity contribution is 0.283. The van der Waals surface area contributed by atoms with Crippen LogP contribution in [0.15, 0.2) is 0 Å². The van der Waals surface area contributed by atoms with Gasteiger partial charge in [0.2, 0.25) is 0 Å². The Hall–Kier alpha value is -0.210. The molecule has 6 nitrogen and oxygen atoms in total. The van der Waals surface area contributed by atoms with Crippen LogP contribution in [0, 0.1) is 0 Å². The molecule has 1 fully saturated rings. The highest BCUT2D eigenvalue weighted by molar-refractivity contribution is 7.80. The van der Waals surface area contributed by atoms with Gasteiger partial charge in [-0.3, -0.25) is 14.4 Å². The van der Waals surface area contributed by atoms with Gasteiger partial charge >= 0.3 is 10.4 Å². The van der Waals surface area contributed by atoms with Gasteiger partial charge in [0.1, 0.15) is 0 Å². The van der Waals surface area contributed by atoms with E-state index in [1.807, 2.05) is 0 Å². The predicted molar refractivity (Wildman–Crippen MR) is 57.9 cm³/mol. The molecule has 0 aromatic carbocycles. The van der Waals surface area contributed by atoms with Gasteiger partial charge in [-0.05, 0) is 20.5 Å². The summed E-state index contributed by atoms with van der Waals surface area (Å²) in [5.74, 6) is 0. The molecule has 92 valence electrons. The SMILES string of the molecule is CCN1CCN(C)C1.CCOS(=O)(=O)O. The standard InChI is InChI=1S/C6H14N2.C2H6O4S/c1-3-8-5-4-7(2)6-8;1-2-6-7(3,4)5/h3-6H2,1-2H3;2H2,1H3,(H,3,4,5). The summed E-state index contributed by atoms with van der Waals surface area (Å²) in [6.45, 7) is 8.51. The molecule has 7 heteroatoms. The molecule has 1 N–H and O–H groups in total. The molecule has 0 bridgehead atoms. The van der Waals surface area contributed by atoms with Crippen molar-refractivity contribution in [2.45, 2.75) is 13.8 Å². The Morgan fingerprint density at radius 1 is 1.33 bits per heavy atom. The summed E-state index contributed by atoms with van der Waals surface area (Å²) in [5.41, 5.74) is 0. The van der Waals surface area contributed by atoms with Crippen molar-refractivity contribution in [2.24, 2.45) is 0 Å². The van der Waals surface area contributed by atoms with Gasteiger partial charge in [-0.25, -0.2) is 4.18 Å². The summed E-state index contributed by atoms with van der Waals surface area (Å²) < 4.78 is 30.7. The molecule has 0 aliphatic carbocycles. The Balaban J connectivity index is 0.000000265. The quantitative estimate of drug-likeness (QED) is 0.702. The second-order valence-corrected chi connectivity index (χ2v) is 4.36. The van der Waals surface area contributed by atoms with Crippen LogP contribution >= 0.6 is 0 Å². The number of rotatable bonds is 3. The average Bonchev–Trinajstić information content (AvgIpc) is 2.50. The van der Waals surface area contributed by atoms with Crippen molar-refractivity contribution in [3.05, 3.63) is 0 Å². The summed E-state index contributed by atoms with van der Waals surface area (Å²) in [4.78, 5) is 4.77. The highest BCUT2D eigenvalue weighted by Gasteiger charge is 2.12. The fourth-order valence-corrected chi connectivity index (χ4v) is 1.50. The van der Waals surface area contributed by atoms with Gasteiger partial charge in [-0.1, -0.05) is 6.92 Å². The van der Waals surface area contributed by atoms with Crippen LogP contribution in [0.25, 0.3) is 0 Å². The second kappa shape index (κ2) is 7.13. The summed E-state index contributed by atoms with van der Waals surface area (Å²) in [7, 11) is -2.01. The highest BCUT2D eigenvalue weighted by atomic mass is 32.3. The van der Waals surface area contributed by atoms with E-state index < -0.39 is 10.4 Å². The number of hydrogen-bond acceptors (Lipinski definition) is 5. The molecule has 1 rings (SSSR count). The van der Waals surface area contributed by atoms with E-state index in [0.29, 0.717) is 0 Å². The van der Waals surface area contributed by atoms with Crippen LogP contribution in [0.1, 0.15) is 13.8 Å². The van der Waals surface area contributed by atoms with Gasteiger partial charge < -0.3 is 0 Å². The van der Waals surface area contributed by atoms with Crippen LogP contribution in [0.5, 0.6) is 0 Å². The van der Waals surface area contributed by atoms with E-state index in [-0.39, 0.29) is 6.61 Å². The van der Waals surface area contributed by atoms with E-state index in [2.05, 4.69) is 28.0 Å². The second-order valence-electron chi connectivity index (χ2n) is 3.27. The molecule has 0 aromatic rings. The third-order valence-corrected chi connectivity index (χ3v) is 2.49. The van der Waals surface area contributed by atoms with Crippen molar-refractivity contribution in [3.63, 3.8) is 0 Å². The van der Waals surface area contributed by atoms with Gasteiger partial charge in [0.05, 0.1) is 13.3 Å². The molecule has 0 aromatic heterocycles. The van der Waals surface area contributed by atoms with Gasteiger partial charge in [0.25, 0.3) is 0 Å². The zero-order valence-corrected chi connectivity index (χ0v) is 10.3. The molecule has 15 heavy (non-hydrogen) atoms. The Labute approximate surface area is 91.8 Å². The zero-order chi connectivity index (χ0) is 11.9. The average molecular weight is 240 g/mol. The van der Waals surface area contributed by atoms with Gasteiger partial charge in [-0.2, -0.15) is 8.42 Å². The molecule has 1 aliphatic heterocycles. The third kappa shape index (κ3) is 8.76. The van der Waals surface area contributed by atoms with Crippen molar-refractivity contribution in [1.82, 2.24) is 9.80 Å². The van der Waals surface area contributed by atoms with E-state index in [4.69, 9.17) is 4.55 Å². The number of likely N-dealkylation sites (N-methyl/N-ethyl adjacent to an activating group) is 2. The summed E-state index contributed by atoms with van der Waals surface area (Å²) in [5, 5.41) is 0. The monoisotopic (exact) mass is 240 g/mol. The largest absolute Gasteiger partial charge is 0.397 e. The lowest BCUT2D eigenvalue weighted by Gasteiger charge is -2.10. The normalized spacial score (nSPS) is 18.7. The molecule has 1 saturated heterocycles. The van der Waals surface area contributed by atoms with Crippen molar-refractivity contribution in [2.75, 3.05) is 40.0 Å². The van der Waals surface area contributed by atoms with Crippen molar-refractivity contribution in [1.29, 1.82) is 0 Å². The van der Waals surface area contributed by atoms with E-state index in [9.17, 15) is 8.42 Å². The molecule has 0 amide bonds. The summed E-state index contributed by atoms with van der Waals surface area (Å²) in [6.07, 6.45) is 0. The maximum Gasteiger partial charge on any atom is 0.397 e. The molecule has 0 radical (unpaired) electrons.